The van der Waals surface area contributed by atoms with Gasteiger partial charge in [-0.25, -0.2) is 13.4 Å². The van der Waals surface area contributed by atoms with Crippen molar-refractivity contribution in [1.82, 2.24) is 9.88 Å². The lowest BCUT2D eigenvalue weighted by atomic mass is 9.83. The van der Waals surface area contributed by atoms with Crippen molar-refractivity contribution in [1.29, 1.82) is 0 Å². The predicted octanol–water partition coefficient (Wildman–Crippen LogP) is 5.60. The predicted molar refractivity (Wildman–Crippen MR) is 178 cm³/mol. The van der Waals surface area contributed by atoms with E-state index in [1.165, 1.54) is 24.8 Å². The zero-order valence-corrected chi connectivity index (χ0v) is 27.6. The molecule has 6 rings (SSSR count). The van der Waals surface area contributed by atoms with Crippen molar-refractivity contribution in [3.8, 4) is 11.6 Å². The maximum atomic E-state index is 15.0. The Morgan fingerprint density at radius 2 is 1.73 bits per heavy atom. The van der Waals surface area contributed by atoms with E-state index in [1.807, 2.05) is 25.1 Å². The number of nitrogens with one attached hydrogen (secondary N) is 1. The van der Waals surface area contributed by atoms with Gasteiger partial charge in [-0.05, 0) is 108 Å². The summed E-state index contributed by atoms with van der Waals surface area (Å²) in [6.07, 6.45) is 1.59. The summed E-state index contributed by atoms with van der Waals surface area (Å²) in [6, 6.07) is 22.8. The number of anilines is 2. The number of aromatic nitrogens is 1. The first-order valence-electron chi connectivity index (χ1n) is 14.5. The number of pyridine rings is 1. The number of likely N-dealkylation sites (N-methyl/N-ethyl adjacent to an activating group) is 1. The third-order valence-corrected chi connectivity index (χ3v) is 10.6. The molecule has 3 aromatic carbocycles. The fourth-order valence-corrected chi connectivity index (χ4v) is 7.88. The van der Waals surface area contributed by atoms with Crippen LogP contribution in [-0.4, -0.2) is 57.6 Å². The second-order valence-electron chi connectivity index (χ2n) is 10.7. The Morgan fingerprint density at radius 3 is 2.39 bits per heavy atom. The number of nitrogens with zero attached hydrogens (tertiary/aromatic N) is 3. The van der Waals surface area contributed by atoms with Crippen LogP contribution in [0.2, 0.25) is 0 Å². The van der Waals surface area contributed by atoms with Gasteiger partial charge in [0.2, 0.25) is 5.88 Å². The molecule has 0 bridgehead atoms. The van der Waals surface area contributed by atoms with Crippen LogP contribution in [-0.2, 0) is 20.4 Å². The van der Waals surface area contributed by atoms with Crippen molar-refractivity contribution in [2.45, 2.75) is 30.2 Å². The molecule has 9 nitrogen and oxygen atoms in total. The van der Waals surface area contributed by atoms with Crippen LogP contribution in [0.4, 0.5) is 11.4 Å². The third kappa shape index (κ3) is 5.10. The van der Waals surface area contributed by atoms with Crippen LogP contribution in [0.5, 0.6) is 11.6 Å². The molecular weight excluding hydrogens is 691 g/mol. The lowest BCUT2D eigenvalue weighted by molar-refractivity contribution is -0.120. The fourth-order valence-electron chi connectivity index (χ4n) is 5.92. The highest BCUT2D eigenvalue weighted by Crippen LogP contribution is 2.51. The van der Waals surface area contributed by atoms with Crippen molar-refractivity contribution >= 4 is 49.9 Å². The number of hydrogen-bond donors (Lipinski definition) is 1. The average Bonchev–Trinajstić information content (AvgIpc) is 3.25. The van der Waals surface area contributed by atoms with Crippen LogP contribution in [0.3, 0.4) is 0 Å². The van der Waals surface area contributed by atoms with Crippen molar-refractivity contribution in [3.05, 3.63) is 105 Å². The van der Waals surface area contributed by atoms with Gasteiger partial charge < -0.3 is 19.7 Å². The smallest absolute Gasteiger partial charge is 0.276 e. The van der Waals surface area contributed by atoms with E-state index in [1.54, 1.807) is 42.6 Å². The van der Waals surface area contributed by atoms with Gasteiger partial charge in [-0.1, -0.05) is 19.1 Å². The van der Waals surface area contributed by atoms with Crippen LogP contribution in [0.1, 0.15) is 36.5 Å². The van der Waals surface area contributed by atoms with Crippen molar-refractivity contribution in [2.24, 2.45) is 0 Å². The number of hydrogen-bond acceptors (Lipinski definition) is 8. The molecule has 0 saturated carbocycles. The molecule has 3 heterocycles. The van der Waals surface area contributed by atoms with E-state index in [9.17, 15) is 13.2 Å². The van der Waals surface area contributed by atoms with Gasteiger partial charge in [0, 0.05) is 40.0 Å². The summed E-state index contributed by atoms with van der Waals surface area (Å²) in [6.45, 7) is 7.37. The lowest BCUT2D eigenvalue weighted by Crippen LogP contribution is -2.49. The molecule has 2 aliphatic heterocycles. The number of ether oxygens (including phenoxy) is 2. The van der Waals surface area contributed by atoms with Crippen LogP contribution < -0.4 is 19.1 Å². The first-order chi connectivity index (χ1) is 21.2. The van der Waals surface area contributed by atoms with Gasteiger partial charge in [-0.2, -0.15) is 4.31 Å². The molecule has 0 aliphatic carbocycles. The van der Waals surface area contributed by atoms with Gasteiger partial charge in [0.15, 0.2) is 5.54 Å². The molecular formula is C33H33IN4O5S. The maximum Gasteiger partial charge on any atom is 0.276 e. The molecule has 11 heteroatoms. The van der Waals surface area contributed by atoms with Crippen LogP contribution in [0.15, 0.2) is 90.0 Å². The van der Waals surface area contributed by atoms with Gasteiger partial charge in [-0.3, -0.25) is 4.79 Å². The number of halogens is 1. The molecule has 228 valence electrons. The highest BCUT2D eigenvalue weighted by Gasteiger charge is 2.58. The summed E-state index contributed by atoms with van der Waals surface area (Å²) in [7, 11) is -2.83. The number of carbonyl (C=O) groups excluding carboxylic acids is 1. The van der Waals surface area contributed by atoms with E-state index in [4.69, 9.17) is 9.47 Å². The van der Waals surface area contributed by atoms with Crippen LogP contribution in [0.25, 0.3) is 0 Å². The Hall–Kier alpha value is -3.68. The molecule has 4 aromatic rings. The number of sulfonamides is 1. The van der Waals surface area contributed by atoms with Gasteiger partial charge in [0.25, 0.3) is 15.9 Å². The summed E-state index contributed by atoms with van der Waals surface area (Å²) in [5.74, 6) is 0.532. The van der Waals surface area contributed by atoms with E-state index in [-0.39, 0.29) is 16.5 Å². The van der Waals surface area contributed by atoms with E-state index in [2.05, 4.69) is 56.8 Å². The number of methoxy groups -OCH3 is 1. The molecule has 0 spiro atoms. The minimum atomic E-state index is -4.34. The van der Waals surface area contributed by atoms with E-state index < -0.39 is 21.5 Å². The fraction of sp³-hybridized carbons (Fsp3) is 0.273. The summed E-state index contributed by atoms with van der Waals surface area (Å²) in [5, 5.41) is 3.49. The van der Waals surface area contributed by atoms with Crippen molar-refractivity contribution in [3.63, 3.8) is 0 Å². The quantitative estimate of drug-likeness (QED) is 0.211. The normalized spacial score (nSPS) is 18.5. The Kier molecular flexibility index (Phi) is 8.29. The number of fused-ring (bicyclic) bond motifs is 1. The molecule has 1 saturated heterocycles. The lowest BCUT2D eigenvalue weighted by Gasteiger charge is -2.39. The Morgan fingerprint density at radius 1 is 1.00 bits per heavy atom. The zero-order valence-electron chi connectivity index (χ0n) is 24.7. The molecule has 1 N–H and O–H groups in total. The average molecular weight is 725 g/mol. The summed E-state index contributed by atoms with van der Waals surface area (Å²) < 4.78 is 41.4. The standard InChI is InChI=1S/C33H33IN4O5S/c1-4-37-20-23(21-37)22-8-11-25(12-9-22)36-33(28-7-6-18-35-31(28)43-5-2)29-19-24(34)10-17-30(29)38(32(33)39)44(40,41)27-15-13-26(42-3)14-16-27/h6-19,23,36H,4-5,20-21H2,1-3H3. The molecule has 1 amide bonds. The second-order valence-corrected chi connectivity index (χ2v) is 13.8. The van der Waals surface area contributed by atoms with Crippen LogP contribution >= 0.6 is 22.6 Å². The summed E-state index contributed by atoms with van der Waals surface area (Å²) in [4.78, 5) is 21.8. The molecule has 1 fully saturated rings. The summed E-state index contributed by atoms with van der Waals surface area (Å²) >= 11 is 2.18. The summed E-state index contributed by atoms with van der Waals surface area (Å²) in [5.41, 5.74) is 1.39. The maximum absolute atomic E-state index is 15.0. The van der Waals surface area contributed by atoms with Crippen molar-refractivity contribution in [2.75, 3.05) is 43.0 Å². The number of amides is 1. The number of benzene rings is 3. The Bertz CT molecular complexity index is 1790. The third-order valence-electron chi connectivity index (χ3n) is 8.26. The number of likely N-dealkylation sites (tertiary alicyclic amines) is 1. The highest BCUT2D eigenvalue weighted by molar-refractivity contribution is 14.1. The zero-order chi connectivity index (χ0) is 31.1. The number of rotatable bonds is 10. The van der Waals surface area contributed by atoms with E-state index in [0.29, 0.717) is 35.1 Å². The SMILES string of the molecule is CCOc1ncccc1C1(Nc2ccc(C3CN(CC)C3)cc2)C(=O)N(S(=O)(=O)c2ccc(OC)cc2)c2ccc(I)cc21. The van der Waals surface area contributed by atoms with Gasteiger partial charge in [-0.15, -0.1) is 0 Å². The van der Waals surface area contributed by atoms with Crippen molar-refractivity contribution < 1.29 is 22.7 Å². The molecule has 1 atom stereocenters. The molecule has 1 aromatic heterocycles. The topological polar surface area (TPSA) is 101 Å². The van der Waals surface area contributed by atoms with E-state index in [0.717, 1.165) is 27.5 Å². The van der Waals surface area contributed by atoms with Gasteiger partial charge in [0.1, 0.15) is 5.75 Å². The number of carbonyl (C=O) groups is 1. The van der Waals surface area contributed by atoms with Crippen LogP contribution in [0, 0.1) is 3.57 Å². The van der Waals surface area contributed by atoms with E-state index >= 15 is 0 Å². The minimum Gasteiger partial charge on any atom is -0.497 e. The highest BCUT2D eigenvalue weighted by atomic mass is 127. The Balaban J connectivity index is 1.52. The first kappa shape index (κ1) is 30.4. The molecule has 44 heavy (non-hydrogen) atoms. The van der Waals surface area contributed by atoms with Gasteiger partial charge >= 0.3 is 0 Å². The molecule has 0 radical (unpaired) electrons. The monoisotopic (exact) mass is 724 g/mol. The first-order valence-corrected chi connectivity index (χ1v) is 17.0. The largest absolute Gasteiger partial charge is 0.497 e. The molecule has 2 aliphatic rings. The second kappa shape index (κ2) is 12.0. The minimum absolute atomic E-state index is 0.0332. The van der Waals surface area contributed by atoms with Gasteiger partial charge in [0.05, 0.1) is 29.9 Å². The Labute approximate surface area is 271 Å². The molecule has 1 unspecified atom stereocenters.